The molecular weight excluding hydrogens is 517 g/mol. The lowest BCUT2D eigenvalue weighted by Crippen LogP contribution is -2.34. The Hall–Kier alpha value is -2.30. The molecule has 12 heteroatoms. The standard InChI is InChI=1S/C26H44NO10P/c1-3-5-6-7-8-9-10-11-12-13-14-15-16-18-25(29)37-22(19-34-24(28)17-4-2)20-35-38(32,33)36-21-23(27)26(30)31/h5-6,8-9,11-12,22-23H,3-4,7,10,13-21,27H2,1-2H3,(H,30,31)(H,32,33)/b6-5-,9-8-,12-11-. The van der Waals surface area contributed by atoms with Crippen molar-refractivity contribution in [1.29, 1.82) is 0 Å². The summed E-state index contributed by atoms with van der Waals surface area (Å²) in [6.07, 6.45) is 18.6. The van der Waals surface area contributed by atoms with Crippen LogP contribution in [0.15, 0.2) is 36.5 Å². The van der Waals surface area contributed by atoms with E-state index < -0.39 is 51.1 Å². The Balaban J connectivity index is 4.44. The highest BCUT2D eigenvalue weighted by molar-refractivity contribution is 7.47. The number of nitrogens with two attached hydrogens (primary N) is 1. The van der Waals surface area contributed by atoms with Crippen LogP contribution in [0.25, 0.3) is 0 Å². The quantitative estimate of drug-likeness (QED) is 0.0689. The van der Waals surface area contributed by atoms with Crippen molar-refractivity contribution in [3.63, 3.8) is 0 Å². The van der Waals surface area contributed by atoms with Gasteiger partial charge in [0.25, 0.3) is 0 Å². The van der Waals surface area contributed by atoms with Crippen LogP contribution in [0.2, 0.25) is 0 Å². The molecule has 0 amide bonds. The topological polar surface area (TPSA) is 172 Å². The van der Waals surface area contributed by atoms with E-state index in [0.717, 1.165) is 38.5 Å². The molecule has 3 atom stereocenters. The van der Waals surface area contributed by atoms with Gasteiger partial charge in [-0.2, -0.15) is 0 Å². The fourth-order valence-corrected chi connectivity index (χ4v) is 3.60. The smallest absolute Gasteiger partial charge is 0.472 e. The number of carbonyl (C=O) groups is 3. The summed E-state index contributed by atoms with van der Waals surface area (Å²) in [4.78, 5) is 44.4. The summed E-state index contributed by atoms with van der Waals surface area (Å²) in [5.74, 6) is -2.50. The van der Waals surface area contributed by atoms with Gasteiger partial charge in [0.15, 0.2) is 6.10 Å². The van der Waals surface area contributed by atoms with Gasteiger partial charge in [-0.15, -0.1) is 0 Å². The van der Waals surface area contributed by atoms with Gasteiger partial charge < -0.3 is 25.2 Å². The molecule has 0 rings (SSSR count). The average Bonchev–Trinajstić information content (AvgIpc) is 2.87. The molecule has 0 heterocycles. The molecule has 0 fully saturated rings. The summed E-state index contributed by atoms with van der Waals surface area (Å²) >= 11 is 0. The minimum atomic E-state index is -4.68. The molecule has 0 aromatic carbocycles. The minimum absolute atomic E-state index is 0.123. The number of carbonyl (C=O) groups excluding carboxylic acids is 2. The lowest BCUT2D eigenvalue weighted by molar-refractivity contribution is -0.161. The number of phosphoric acid groups is 1. The second-order valence-corrected chi connectivity index (χ2v) is 9.90. The van der Waals surface area contributed by atoms with Crippen molar-refractivity contribution in [1.82, 2.24) is 0 Å². The number of phosphoric ester groups is 1. The minimum Gasteiger partial charge on any atom is -0.480 e. The Kier molecular flexibility index (Phi) is 21.3. The Bertz CT molecular complexity index is 812. The van der Waals surface area contributed by atoms with E-state index in [9.17, 15) is 23.8 Å². The van der Waals surface area contributed by atoms with Crippen molar-refractivity contribution < 1.29 is 47.5 Å². The van der Waals surface area contributed by atoms with Crippen LogP contribution in [-0.2, 0) is 37.5 Å². The molecular formula is C26H44NO10P. The Morgan fingerprint density at radius 2 is 1.47 bits per heavy atom. The summed E-state index contributed by atoms with van der Waals surface area (Å²) in [7, 11) is -4.68. The Morgan fingerprint density at radius 1 is 0.842 bits per heavy atom. The monoisotopic (exact) mass is 561 g/mol. The summed E-state index contributed by atoms with van der Waals surface area (Å²) in [6, 6.07) is -1.52. The number of unbranched alkanes of at least 4 members (excludes halogenated alkanes) is 3. The molecule has 0 aliphatic heterocycles. The van der Waals surface area contributed by atoms with Crippen molar-refractivity contribution in [3.8, 4) is 0 Å². The third kappa shape index (κ3) is 21.8. The predicted molar refractivity (Wildman–Crippen MR) is 143 cm³/mol. The lowest BCUT2D eigenvalue weighted by Gasteiger charge is -2.20. The number of carboxylic acids is 1. The molecule has 0 saturated heterocycles. The first-order valence-electron chi connectivity index (χ1n) is 13.0. The van der Waals surface area contributed by atoms with E-state index in [1.165, 1.54) is 0 Å². The van der Waals surface area contributed by atoms with Crippen LogP contribution in [0.1, 0.15) is 78.1 Å². The Labute approximate surface area is 225 Å². The molecule has 0 aromatic heterocycles. The first-order chi connectivity index (χ1) is 18.1. The second-order valence-electron chi connectivity index (χ2n) is 8.44. The van der Waals surface area contributed by atoms with Gasteiger partial charge in [-0.25, -0.2) is 4.57 Å². The zero-order valence-corrected chi connectivity index (χ0v) is 23.4. The molecule has 4 N–H and O–H groups in total. The zero-order chi connectivity index (χ0) is 28.7. The van der Waals surface area contributed by atoms with Crippen LogP contribution in [0.4, 0.5) is 0 Å². The molecule has 0 saturated carbocycles. The van der Waals surface area contributed by atoms with Crippen molar-refractivity contribution in [2.45, 2.75) is 90.2 Å². The van der Waals surface area contributed by atoms with E-state index in [1.54, 1.807) is 6.92 Å². The van der Waals surface area contributed by atoms with Crippen molar-refractivity contribution in [2.75, 3.05) is 19.8 Å². The SMILES string of the molecule is CC/C=C\C/C=C\C/C=C\CCCCCC(=O)OC(COC(=O)CCC)COP(=O)(O)OCC(N)C(=O)O. The number of rotatable bonds is 23. The van der Waals surface area contributed by atoms with E-state index in [1.807, 2.05) is 0 Å². The largest absolute Gasteiger partial charge is 0.480 e. The molecule has 0 aromatic rings. The van der Waals surface area contributed by atoms with Gasteiger partial charge in [0.05, 0.1) is 13.2 Å². The predicted octanol–water partition coefficient (Wildman–Crippen LogP) is 4.60. The number of ether oxygens (including phenoxy) is 2. The van der Waals surface area contributed by atoms with Gasteiger partial charge in [-0.3, -0.25) is 23.4 Å². The summed E-state index contributed by atoms with van der Waals surface area (Å²) < 4.78 is 31.6. The number of carboxylic acid groups (broad SMARTS) is 1. The number of aliphatic carboxylic acids is 1. The maximum absolute atomic E-state index is 12.3. The maximum Gasteiger partial charge on any atom is 0.472 e. The van der Waals surface area contributed by atoms with Crippen LogP contribution in [-0.4, -0.2) is 59.9 Å². The molecule has 0 spiro atoms. The first-order valence-corrected chi connectivity index (χ1v) is 14.5. The van der Waals surface area contributed by atoms with E-state index >= 15 is 0 Å². The van der Waals surface area contributed by atoms with Gasteiger partial charge in [-0.05, 0) is 44.9 Å². The molecule has 38 heavy (non-hydrogen) atoms. The second kappa shape index (κ2) is 22.7. The normalized spacial score (nSPS) is 15.1. The molecule has 3 unspecified atom stereocenters. The van der Waals surface area contributed by atoms with Gasteiger partial charge in [0.1, 0.15) is 12.6 Å². The van der Waals surface area contributed by atoms with Crippen LogP contribution in [0, 0.1) is 0 Å². The fraction of sp³-hybridized carbons (Fsp3) is 0.654. The molecule has 0 bridgehead atoms. The van der Waals surface area contributed by atoms with E-state index in [4.69, 9.17) is 24.8 Å². The third-order valence-electron chi connectivity index (χ3n) is 4.87. The number of hydrogen-bond acceptors (Lipinski definition) is 9. The lowest BCUT2D eigenvalue weighted by atomic mass is 10.1. The highest BCUT2D eigenvalue weighted by atomic mass is 31.2. The molecule has 218 valence electrons. The van der Waals surface area contributed by atoms with Gasteiger partial charge in [0, 0.05) is 12.8 Å². The number of hydrogen-bond donors (Lipinski definition) is 3. The fourth-order valence-electron chi connectivity index (χ4n) is 2.82. The molecule has 0 radical (unpaired) electrons. The molecule has 0 aliphatic rings. The maximum atomic E-state index is 12.3. The summed E-state index contributed by atoms with van der Waals surface area (Å²) in [5.41, 5.74) is 5.23. The average molecular weight is 562 g/mol. The highest BCUT2D eigenvalue weighted by Crippen LogP contribution is 2.43. The highest BCUT2D eigenvalue weighted by Gasteiger charge is 2.28. The van der Waals surface area contributed by atoms with E-state index in [2.05, 4.69) is 47.9 Å². The van der Waals surface area contributed by atoms with Crippen LogP contribution >= 0.6 is 7.82 Å². The first kappa shape index (κ1) is 35.7. The van der Waals surface area contributed by atoms with Gasteiger partial charge in [0.2, 0.25) is 0 Å². The summed E-state index contributed by atoms with van der Waals surface area (Å²) in [5, 5.41) is 8.72. The summed E-state index contributed by atoms with van der Waals surface area (Å²) in [6.45, 7) is 2.17. The van der Waals surface area contributed by atoms with Gasteiger partial charge >= 0.3 is 25.7 Å². The van der Waals surface area contributed by atoms with Crippen LogP contribution in [0.5, 0.6) is 0 Å². The Morgan fingerprint density at radius 3 is 2.11 bits per heavy atom. The number of allylic oxidation sites excluding steroid dienone is 6. The van der Waals surface area contributed by atoms with Crippen molar-refractivity contribution in [2.24, 2.45) is 5.73 Å². The third-order valence-corrected chi connectivity index (χ3v) is 5.82. The van der Waals surface area contributed by atoms with E-state index in [0.29, 0.717) is 12.8 Å². The zero-order valence-electron chi connectivity index (χ0n) is 22.5. The van der Waals surface area contributed by atoms with Gasteiger partial charge in [-0.1, -0.05) is 56.7 Å². The molecule has 0 aliphatic carbocycles. The number of esters is 2. The van der Waals surface area contributed by atoms with Crippen LogP contribution < -0.4 is 5.73 Å². The van der Waals surface area contributed by atoms with Crippen molar-refractivity contribution >= 4 is 25.7 Å². The van der Waals surface area contributed by atoms with Crippen LogP contribution in [0.3, 0.4) is 0 Å². The van der Waals surface area contributed by atoms with E-state index in [-0.39, 0.29) is 19.4 Å². The molecule has 11 nitrogen and oxygen atoms in total. The van der Waals surface area contributed by atoms with Crippen molar-refractivity contribution in [3.05, 3.63) is 36.5 Å².